The Morgan fingerprint density at radius 2 is 1.65 bits per heavy atom. The number of aromatic carboxylic acids is 1. The van der Waals surface area contributed by atoms with E-state index in [0.717, 1.165) is 4.31 Å². The predicted octanol–water partition coefficient (Wildman–Crippen LogP) is 0.564. The Bertz CT molecular complexity index is 652. The van der Waals surface area contributed by atoms with Crippen molar-refractivity contribution in [3.8, 4) is 12.1 Å². The van der Waals surface area contributed by atoms with Crippen LogP contribution < -0.4 is 0 Å². The van der Waals surface area contributed by atoms with Gasteiger partial charge in [-0.15, -0.1) is 0 Å². The van der Waals surface area contributed by atoms with E-state index < -0.39 is 34.8 Å². The predicted molar refractivity (Wildman–Crippen MR) is 68.8 cm³/mol. The van der Waals surface area contributed by atoms with Crippen molar-refractivity contribution in [3.05, 3.63) is 35.4 Å². The molecule has 0 amide bonds. The Morgan fingerprint density at radius 3 is 2.05 bits per heavy atom. The van der Waals surface area contributed by atoms with Gasteiger partial charge in [0.1, 0.15) is 13.1 Å². The molecule has 0 aliphatic rings. The molecule has 1 aromatic carbocycles. The topological polar surface area (TPSA) is 122 Å². The molecule has 1 aromatic rings. The fourth-order valence-corrected chi connectivity index (χ4v) is 2.76. The number of benzene rings is 1. The van der Waals surface area contributed by atoms with Crippen molar-refractivity contribution in [1.29, 1.82) is 10.5 Å². The molecule has 20 heavy (non-hydrogen) atoms. The fourth-order valence-electron chi connectivity index (χ4n) is 1.46. The molecule has 0 aromatic heterocycles. The van der Waals surface area contributed by atoms with Crippen LogP contribution in [0.1, 0.15) is 15.9 Å². The van der Waals surface area contributed by atoms with Gasteiger partial charge in [0, 0.05) is 0 Å². The minimum atomic E-state index is -3.79. The lowest BCUT2D eigenvalue weighted by Gasteiger charge is -2.15. The van der Waals surface area contributed by atoms with Gasteiger partial charge in [0.15, 0.2) is 0 Å². The van der Waals surface area contributed by atoms with Gasteiger partial charge >= 0.3 is 5.97 Å². The van der Waals surface area contributed by atoms with Crippen LogP contribution in [0.3, 0.4) is 0 Å². The molecule has 0 unspecified atom stereocenters. The van der Waals surface area contributed by atoms with Crippen molar-refractivity contribution < 1.29 is 18.3 Å². The first-order chi connectivity index (χ1) is 9.40. The van der Waals surface area contributed by atoms with Gasteiger partial charge in [-0.25, -0.2) is 13.2 Å². The zero-order valence-electron chi connectivity index (χ0n) is 10.4. The third-order valence-corrected chi connectivity index (χ3v) is 4.18. The summed E-state index contributed by atoms with van der Waals surface area (Å²) in [5, 5.41) is 25.9. The van der Waals surface area contributed by atoms with Crippen LogP contribution in [0, 0.1) is 22.7 Å². The Hall–Kier alpha value is -2.42. The quantitative estimate of drug-likeness (QED) is 0.765. The number of carboxylic acids is 1. The first-order valence-corrected chi connectivity index (χ1v) is 7.05. The van der Waals surface area contributed by atoms with Crippen molar-refractivity contribution in [2.45, 2.75) is 5.75 Å². The normalized spacial score (nSPS) is 10.8. The van der Waals surface area contributed by atoms with Crippen molar-refractivity contribution in [2.75, 3.05) is 13.1 Å². The van der Waals surface area contributed by atoms with Gasteiger partial charge < -0.3 is 5.11 Å². The number of hydrogen-bond acceptors (Lipinski definition) is 5. The van der Waals surface area contributed by atoms with Crippen LogP contribution in [0.5, 0.6) is 0 Å². The number of carbonyl (C=O) groups is 1. The lowest BCUT2D eigenvalue weighted by molar-refractivity contribution is 0.0697. The van der Waals surface area contributed by atoms with Gasteiger partial charge in [-0.1, -0.05) is 12.1 Å². The maximum atomic E-state index is 12.0. The number of hydrogen-bond donors (Lipinski definition) is 1. The Kier molecular flexibility index (Phi) is 5.21. The third kappa shape index (κ3) is 4.05. The van der Waals surface area contributed by atoms with Crippen molar-refractivity contribution in [1.82, 2.24) is 4.31 Å². The lowest BCUT2D eigenvalue weighted by atomic mass is 10.1. The number of nitriles is 2. The van der Waals surface area contributed by atoms with Crippen molar-refractivity contribution >= 4 is 16.0 Å². The van der Waals surface area contributed by atoms with Crippen molar-refractivity contribution in [3.63, 3.8) is 0 Å². The van der Waals surface area contributed by atoms with Crippen LogP contribution >= 0.6 is 0 Å². The molecule has 104 valence electrons. The molecule has 1 N–H and O–H groups in total. The first kappa shape index (κ1) is 15.6. The summed E-state index contributed by atoms with van der Waals surface area (Å²) < 4.78 is 24.8. The minimum Gasteiger partial charge on any atom is -0.478 e. The summed E-state index contributed by atoms with van der Waals surface area (Å²) in [7, 11) is -3.79. The summed E-state index contributed by atoms with van der Waals surface area (Å²) in [6, 6.07) is 8.74. The van der Waals surface area contributed by atoms with E-state index in [-0.39, 0.29) is 5.56 Å². The molecule has 1 rings (SSSR count). The van der Waals surface area contributed by atoms with Gasteiger partial charge in [0.05, 0.1) is 23.5 Å². The Morgan fingerprint density at radius 1 is 1.15 bits per heavy atom. The summed E-state index contributed by atoms with van der Waals surface area (Å²) in [4.78, 5) is 10.7. The second kappa shape index (κ2) is 6.66. The van der Waals surface area contributed by atoms with Gasteiger partial charge in [-0.05, 0) is 17.7 Å². The average Bonchev–Trinajstić information content (AvgIpc) is 2.38. The second-order valence-electron chi connectivity index (χ2n) is 3.84. The molecule has 0 bridgehead atoms. The maximum Gasteiger partial charge on any atom is 0.335 e. The summed E-state index contributed by atoms with van der Waals surface area (Å²) in [6.45, 7) is -0.799. The van der Waals surface area contributed by atoms with E-state index in [1.807, 2.05) is 0 Å². The molecule has 0 aliphatic carbocycles. The molecule has 0 fully saturated rings. The molecule has 7 nitrogen and oxygen atoms in total. The summed E-state index contributed by atoms with van der Waals surface area (Å²) >= 11 is 0. The van der Waals surface area contributed by atoms with Gasteiger partial charge in [-0.2, -0.15) is 14.8 Å². The van der Waals surface area contributed by atoms with Crippen LogP contribution in [-0.4, -0.2) is 36.9 Å². The zero-order chi connectivity index (χ0) is 15.2. The van der Waals surface area contributed by atoms with Crippen LogP contribution in [0.2, 0.25) is 0 Å². The molecule has 8 heteroatoms. The van der Waals surface area contributed by atoms with Crippen LogP contribution in [0.15, 0.2) is 24.3 Å². The Labute approximate surface area is 116 Å². The SMILES string of the molecule is N#CCN(CC#N)S(=O)(=O)Cc1ccc(C(=O)O)cc1. The van der Waals surface area contributed by atoms with E-state index in [1.165, 1.54) is 24.3 Å². The van der Waals surface area contributed by atoms with Crippen molar-refractivity contribution in [2.24, 2.45) is 0 Å². The number of sulfonamides is 1. The van der Waals surface area contributed by atoms with Crippen LogP contribution in [0.25, 0.3) is 0 Å². The number of carboxylic acid groups (broad SMARTS) is 1. The van der Waals surface area contributed by atoms with Gasteiger partial charge in [0.2, 0.25) is 10.0 Å². The number of nitrogens with zero attached hydrogens (tertiary/aromatic N) is 3. The number of rotatable bonds is 6. The van der Waals surface area contributed by atoms with E-state index in [1.54, 1.807) is 12.1 Å². The smallest absolute Gasteiger partial charge is 0.335 e. The highest BCUT2D eigenvalue weighted by Gasteiger charge is 2.22. The highest BCUT2D eigenvalue weighted by Crippen LogP contribution is 2.12. The van der Waals surface area contributed by atoms with Gasteiger partial charge in [0.25, 0.3) is 0 Å². The molecule has 0 saturated heterocycles. The molecule has 0 radical (unpaired) electrons. The summed E-state index contributed by atoms with van der Waals surface area (Å²) in [6.07, 6.45) is 0. The van der Waals surface area contributed by atoms with Gasteiger partial charge in [-0.3, -0.25) is 0 Å². The molecular weight excluding hydrogens is 282 g/mol. The van der Waals surface area contributed by atoms with E-state index in [0.29, 0.717) is 5.56 Å². The monoisotopic (exact) mass is 293 g/mol. The van der Waals surface area contributed by atoms with E-state index in [4.69, 9.17) is 15.6 Å². The first-order valence-electron chi connectivity index (χ1n) is 5.44. The molecule has 0 aliphatic heterocycles. The highest BCUT2D eigenvalue weighted by molar-refractivity contribution is 7.88. The Balaban J connectivity index is 2.92. The molecule has 0 heterocycles. The van der Waals surface area contributed by atoms with E-state index in [9.17, 15) is 13.2 Å². The zero-order valence-corrected chi connectivity index (χ0v) is 11.2. The van der Waals surface area contributed by atoms with E-state index >= 15 is 0 Å². The van der Waals surface area contributed by atoms with Crippen LogP contribution in [-0.2, 0) is 15.8 Å². The summed E-state index contributed by atoms with van der Waals surface area (Å²) in [5.74, 6) is -1.49. The third-order valence-electron chi connectivity index (χ3n) is 2.44. The minimum absolute atomic E-state index is 0.0528. The van der Waals surface area contributed by atoms with Crippen LogP contribution in [0.4, 0.5) is 0 Å². The molecule has 0 saturated carbocycles. The molecule has 0 atom stereocenters. The average molecular weight is 293 g/mol. The molecule has 0 spiro atoms. The molecular formula is C12H11N3O4S. The largest absolute Gasteiger partial charge is 0.478 e. The second-order valence-corrected chi connectivity index (χ2v) is 5.81. The maximum absolute atomic E-state index is 12.0. The highest BCUT2D eigenvalue weighted by atomic mass is 32.2. The summed E-state index contributed by atoms with van der Waals surface area (Å²) in [5.41, 5.74) is 0.438. The van der Waals surface area contributed by atoms with E-state index in [2.05, 4.69) is 0 Å². The lowest BCUT2D eigenvalue weighted by Crippen LogP contribution is -2.32. The standard InChI is InChI=1S/C12H11N3O4S/c13-5-7-15(8-6-14)20(18,19)9-10-1-3-11(4-2-10)12(16)17/h1-4H,7-9H2,(H,16,17). The fraction of sp³-hybridized carbons (Fsp3) is 0.250.